The molecule has 1 fully saturated rings. The van der Waals surface area contributed by atoms with Gasteiger partial charge in [0, 0.05) is 48.0 Å². The topological polar surface area (TPSA) is 32.3 Å². The van der Waals surface area contributed by atoms with E-state index in [4.69, 9.17) is 0 Å². The van der Waals surface area contributed by atoms with Crippen LogP contribution >= 0.6 is 0 Å². The van der Waals surface area contributed by atoms with Crippen molar-refractivity contribution in [1.82, 2.24) is 10.2 Å². The van der Waals surface area contributed by atoms with Crippen molar-refractivity contribution in [1.29, 1.82) is 0 Å². The highest BCUT2D eigenvalue weighted by Gasteiger charge is 2.21. The molecule has 96 valence electrons. The van der Waals surface area contributed by atoms with Crippen LogP contribution in [0.3, 0.4) is 0 Å². The van der Waals surface area contributed by atoms with Gasteiger partial charge in [0.15, 0.2) is 0 Å². The summed E-state index contributed by atoms with van der Waals surface area (Å²) >= 11 is 0. The van der Waals surface area contributed by atoms with Crippen LogP contribution in [0.4, 0.5) is 0 Å². The van der Waals surface area contributed by atoms with Crippen molar-refractivity contribution in [3.8, 4) is 0 Å². The summed E-state index contributed by atoms with van der Waals surface area (Å²) in [5.41, 5.74) is 0. The van der Waals surface area contributed by atoms with Crippen molar-refractivity contribution in [3.05, 3.63) is 0 Å². The Bertz CT molecular complexity index is 211. The fourth-order valence-electron chi connectivity index (χ4n) is 2.09. The Morgan fingerprint density at radius 2 is 1.88 bits per heavy atom. The van der Waals surface area contributed by atoms with Gasteiger partial charge in [-0.15, -0.1) is 0 Å². The van der Waals surface area contributed by atoms with Crippen LogP contribution in [0.25, 0.3) is 0 Å². The summed E-state index contributed by atoms with van der Waals surface area (Å²) in [5.74, 6) is 2.44. The van der Waals surface area contributed by atoms with E-state index in [0.717, 1.165) is 37.7 Å². The van der Waals surface area contributed by atoms with Gasteiger partial charge in [0.1, 0.15) is 0 Å². The van der Waals surface area contributed by atoms with Gasteiger partial charge in [-0.2, -0.15) is 0 Å². The van der Waals surface area contributed by atoms with Gasteiger partial charge in [0.2, 0.25) is 0 Å². The van der Waals surface area contributed by atoms with Gasteiger partial charge in [-0.25, -0.2) is 0 Å². The van der Waals surface area contributed by atoms with E-state index in [-0.39, 0.29) is 0 Å². The lowest BCUT2D eigenvalue weighted by Crippen LogP contribution is -2.48. The smallest absolute Gasteiger partial charge is 0.0363 e. The maximum atomic E-state index is 11.3. The number of hydrogen-bond donors (Lipinski definition) is 1. The van der Waals surface area contributed by atoms with E-state index in [0.29, 0.717) is 12.0 Å². The van der Waals surface area contributed by atoms with Crippen molar-refractivity contribution in [2.24, 2.45) is 5.92 Å². The first-order valence-electron chi connectivity index (χ1n) is 6.43. The average molecular weight is 246 g/mol. The Kier molecular flexibility index (Phi) is 6.54. The average Bonchev–Trinajstić information content (AvgIpc) is 2.26. The number of nitrogens with one attached hydrogen (secondary N) is 1. The molecule has 1 atom stereocenters. The molecule has 0 aromatic heterocycles. The molecule has 1 N–H and O–H groups in total. The molecule has 1 rings (SSSR count). The maximum Gasteiger partial charge on any atom is 0.0363 e. The van der Waals surface area contributed by atoms with E-state index >= 15 is 0 Å². The van der Waals surface area contributed by atoms with Crippen molar-refractivity contribution in [3.63, 3.8) is 0 Å². The van der Waals surface area contributed by atoms with Gasteiger partial charge in [0.05, 0.1) is 0 Å². The number of hydrogen-bond acceptors (Lipinski definition) is 3. The molecule has 0 saturated carbocycles. The Balaban J connectivity index is 2.27. The molecule has 0 spiro atoms. The zero-order chi connectivity index (χ0) is 12.0. The second-order valence-electron chi connectivity index (χ2n) is 5.00. The van der Waals surface area contributed by atoms with E-state index in [9.17, 15) is 4.21 Å². The molecule has 1 unspecified atom stereocenters. The fourth-order valence-corrected chi connectivity index (χ4v) is 3.17. The third kappa shape index (κ3) is 4.93. The minimum atomic E-state index is -0.555. The van der Waals surface area contributed by atoms with Crippen molar-refractivity contribution in [2.45, 2.75) is 33.2 Å². The Labute approximate surface area is 102 Å². The first-order chi connectivity index (χ1) is 7.63. The largest absolute Gasteiger partial charge is 0.315 e. The molecule has 0 aliphatic carbocycles. The first-order valence-corrected chi connectivity index (χ1v) is 7.92. The van der Waals surface area contributed by atoms with Crippen molar-refractivity contribution in [2.75, 3.05) is 37.7 Å². The van der Waals surface area contributed by atoms with Crippen LogP contribution in [0, 0.1) is 5.92 Å². The van der Waals surface area contributed by atoms with E-state index in [2.05, 4.69) is 31.0 Å². The predicted molar refractivity (Wildman–Crippen MR) is 71.2 cm³/mol. The maximum absolute atomic E-state index is 11.3. The molecular weight excluding hydrogens is 220 g/mol. The van der Waals surface area contributed by atoms with E-state index < -0.39 is 10.8 Å². The summed E-state index contributed by atoms with van der Waals surface area (Å²) in [6, 6.07) is 0.621. The molecule has 0 aromatic carbocycles. The van der Waals surface area contributed by atoms with Gasteiger partial charge < -0.3 is 5.32 Å². The van der Waals surface area contributed by atoms with Gasteiger partial charge >= 0.3 is 0 Å². The summed E-state index contributed by atoms with van der Waals surface area (Å²) in [4.78, 5) is 2.49. The van der Waals surface area contributed by atoms with Crippen LogP contribution in [0.1, 0.15) is 27.2 Å². The molecular formula is C12H26N2OS. The normalized spacial score (nSPS) is 21.5. The zero-order valence-electron chi connectivity index (χ0n) is 10.9. The summed E-state index contributed by atoms with van der Waals surface area (Å²) in [6.45, 7) is 10.9. The first kappa shape index (κ1) is 14.1. The van der Waals surface area contributed by atoms with Crippen LogP contribution in [0.15, 0.2) is 0 Å². The van der Waals surface area contributed by atoms with Crippen molar-refractivity contribution >= 4 is 10.8 Å². The van der Waals surface area contributed by atoms with E-state index in [1.165, 1.54) is 6.42 Å². The molecule has 1 aliphatic heterocycles. The molecule has 1 saturated heterocycles. The summed E-state index contributed by atoms with van der Waals surface area (Å²) < 4.78 is 11.3. The van der Waals surface area contributed by atoms with Gasteiger partial charge in [-0.3, -0.25) is 9.11 Å². The zero-order valence-corrected chi connectivity index (χ0v) is 11.7. The highest BCUT2D eigenvalue weighted by molar-refractivity contribution is 7.85. The molecule has 1 aliphatic rings. The highest BCUT2D eigenvalue weighted by atomic mass is 32.2. The molecule has 4 heteroatoms. The molecule has 0 amide bonds. The lowest BCUT2D eigenvalue weighted by molar-refractivity contribution is 0.202. The molecule has 16 heavy (non-hydrogen) atoms. The van der Waals surface area contributed by atoms with E-state index in [1.54, 1.807) is 0 Å². The monoisotopic (exact) mass is 246 g/mol. The predicted octanol–water partition coefficient (Wildman–Crippen LogP) is 1.07. The molecule has 0 aromatic rings. The SMILES string of the molecule is CCC(CNCC(C)C)N1CCS(=O)CC1. The van der Waals surface area contributed by atoms with Crippen LogP contribution in [0.5, 0.6) is 0 Å². The van der Waals surface area contributed by atoms with Crippen LogP contribution in [-0.4, -0.2) is 52.8 Å². The third-order valence-electron chi connectivity index (χ3n) is 3.13. The van der Waals surface area contributed by atoms with Gasteiger partial charge in [-0.05, 0) is 18.9 Å². The molecule has 1 heterocycles. The lowest BCUT2D eigenvalue weighted by Gasteiger charge is -2.34. The quantitative estimate of drug-likeness (QED) is 0.761. The molecule has 0 radical (unpaired) electrons. The highest BCUT2D eigenvalue weighted by Crippen LogP contribution is 2.08. The van der Waals surface area contributed by atoms with Gasteiger partial charge in [-0.1, -0.05) is 20.8 Å². The molecule has 3 nitrogen and oxygen atoms in total. The van der Waals surface area contributed by atoms with E-state index in [1.807, 2.05) is 0 Å². The minimum absolute atomic E-state index is 0.555. The van der Waals surface area contributed by atoms with Crippen LogP contribution in [0.2, 0.25) is 0 Å². The van der Waals surface area contributed by atoms with Crippen LogP contribution < -0.4 is 5.32 Å². The van der Waals surface area contributed by atoms with Gasteiger partial charge in [0.25, 0.3) is 0 Å². The fraction of sp³-hybridized carbons (Fsp3) is 1.00. The minimum Gasteiger partial charge on any atom is -0.315 e. The molecule has 0 bridgehead atoms. The summed E-state index contributed by atoms with van der Waals surface area (Å²) in [7, 11) is -0.555. The summed E-state index contributed by atoms with van der Waals surface area (Å²) in [6.07, 6.45) is 1.18. The Hall–Kier alpha value is 0.0700. The Morgan fingerprint density at radius 3 is 2.38 bits per heavy atom. The third-order valence-corrected chi connectivity index (χ3v) is 4.41. The summed E-state index contributed by atoms with van der Waals surface area (Å²) in [5, 5.41) is 3.53. The standard InChI is InChI=1S/C12H26N2OS/c1-4-12(10-13-9-11(2)3)14-5-7-16(15)8-6-14/h11-13H,4-10H2,1-3H3. The van der Waals surface area contributed by atoms with Crippen molar-refractivity contribution < 1.29 is 4.21 Å². The second kappa shape index (κ2) is 7.41. The number of rotatable bonds is 6. The van der Waals surface area contributed by atoms with Crippen LogP contribution in [-0.2, 0) is 10.8 Å². The lowest BCUT2D eigenvalue weighted by atomic mass is 10.1. The Morgan fingerprint density at radius 1 is 1.25 bits per heavy atom. The number of nitrogens with zero attached hydrogens (tertiary/aromatic N) is 1. The second-order valence-corrected chi connectivity index (χ2v) is 6.69.